The van der Waals surface area contributed by atoms with Crippen molar-refractivity contribution in [2.45, 2.75) is 39.7 Å². The number of benzene rings is 2. The standard InChI is InChI=1S/C22H30N2O/c1-17(2)10-13-23-22(25)19-11-14-24(15-12-19)16-20-8-5-7-18-6-3-4-9-21(18)20/h3-9,17,19H,10-16H2,1-2H3,(H,23,25). The van der Waals surface area contributed by atoms with E-state index < -0.39 is 0 Å². The topological polar surface area (TPSA) is 32.3 Å². The summed E-state index contributed by atoms with van der Waals surface area (Å²) in [5, 5.41) is 5.77. The maximum absolute atomic E-state index is 12.3. The van der Waals surface area contributed by atoms with Crippen LogP contribution in [-0.2, 0) is 11.3 Å². The molecule has 2 aromatic carbocycles. The summed E-state index contributed by atoms with van der Waals surface area (Å²) >= 11 is 0. The van der Waals surface area contributed by atoms with Gasteiger partial charge < -0.3 is 5.32 Å². The highest BCUT2D eigenvalue weighted by Crippen LogP contribution is 2.23. The molecule has 1 aliphatic rings. The molecular formula is C22H30N2O. The Balaban J connectivity index is 1.51. The van der Waals surface area contributed by atoms with E-state index in [1.165, 1.54) is 16.3 Å². The van der Waals surface area contributed by atoms with Gasteiger partial charge in [0.25, 0.3) is 0 Å². The number of nitrogens with one attached hydrogen (secondary N) is 1. The van der Waals surface area contributed by atoms with Crippen molar-refractivity contribution in [3.63, 3.8) is 0 Å². The minimum absolute atomic E-state index is 0.191. The van der Waals surface area contributed by atoms with E-state index >= 15 is 0 Å². The second kappa shape index (κ2) is 8.48. The van der Waals surface area contributed by atoms with E-state index in [0.29, 0.717) is 5.92 Å². The molecule has 1 amide bonds. The Hall–Kier alpha value is -1.87. The highest BCUT2D eigenvalue weighted by atomic mass is 16.1. The Morgan fingerprint density at radius 2 is 1.84 bits per heavy atom. The van der Waals surface area contributed by atoms with Gasteiger partial charge in [-0.3, -0.25) is 9.69 Å². The zero-order valence-corrected chi connectivity index (χ0v) is 15.5. The summed E-state index contributed by atoms with van der Waals surface area (Å²) in [6.07, 6.45) is 3.00. The molecule has 0 aliphatic carbocycles. The number of fused-ring (bicyclic) bond motifs is 1. The molecule has 3 rings (SSSR count). The average molecular weight is 338 g/mol. The Labute approximate surface area is 151 Å². The molecule has 2 aromatic rings. The number of likely N-dealkylation sites (tertiary alicyclic amines) is 1. The maximum atomic E-state index is 12.3. The first-order valence-electron chi connectivity index (χ1n) is 9.60. The first-order valence-corrected chi connectivity index (χ1v) is 9.60. The predicted molar refractivity (Wildman–Crippen MR) is 104 cm³/mol. The quantitative estimate of drug-likeness (QED) is 0.855. The van der Waals surface area contributed by atoms with Crippen molar-refractivity contribution >= 4 is 16.7 Å². The van der Waals surface area contributed by atoms with Gasteiger partial charge in [0.2, 0.25) is 5.91 Å². The first kappa shape index (κ1) is 17.9. The van der Waals surface area contributed by atoms with Crippen molar-refractivity contribution in [1.82, 2.24) is 10.2 Å². The summed E-state index contributed by atoms with van der Waals surface area (Å²) in [5.74, 6) is 1.09. The van der Waals surface area contributed by atoms with Crippen LogP contribution in [0.15, 0.2) is 42.5 Å². The molecule has 0 atom stereocenters. The molecule has 0 spiro atoms. The number of carbonyl (C=O) groups excluding carboxylic acids is 1. The van der Waals surface area contributed by atoms with E-state index in [9.17, 15) is 4.79 Å². The lowest BCUT2D eigenvalue weighted by molar-refractivity contribution is -0.126. The largest absolute Gasteiger partial charge is 0.356 e. The van der Waals surface area contributed by atoms with Crippen LogP contribution >= 0.6 is 0 Å². The second-order valence-electron chi connectivity index (χ2n) is 7.66. The van der Waals surface area contributed by atoms with Crippen molar-refractivity contribution in [2.24, 2.45) is 11.8 Å². The molecule has 1 N–H and O–H groups in total. The molecular weight excluding hydrogens is 308 g/mol. The molecule has 0 radical (unpaired) electrons. The van der Waals surface area contributed by atoms with Gasteiger partial charge in [-0.15, -0.1) is 0 Å². The lowest BCUT2D eigenvalue weighted by atomic mass is 9.95. The van der Waals surface area contributed by atoms with Crippen LogP contribution in [0.5, 0.6) is 0 Å². The highest BCUT2D eigenvalue weighted by Gasteiger charge is 2.24. The van der Waals surface area contributed by atoms with E-state index in [1.807, 2.05) is 0 Å². The molecule has 0 saturated carbocycles. The lowest BCUT2D eigenvalue weighted by Gasteiger charge is -2.31. The fraction of sp³-hybridized carbons (Fsp3) is 0.500. The van der Waals surface area contributed by atoms with Crippen LogP contribution in [0.4, 0.5) is 0 Å². The van der Waals surface area contributed by atoms with E-state index in [4.69, 9.17) is 0 Å². The third-order valence-electron chi connectivity index (χ3n) is 5.25. The Kier molecular flexibility index (Phi) is 6.09. The fourth-order valence-corrected chi connectivity index (χ4v) is 3.65. The molecule has 1 saturated heterocycles. The van der Waals surface area contributed by atoms with Crippen LogP contribution in [0.25, 0.3) is 10.8 Å². The maximum Gasteiger partial charge on any atom is 0.223 e. The smallest absolute Gasteiger partial charge is 0.223 e. The highest BCUT2D eigenvalue weighted by molar-refractivity contribution is 5.85. The minimum atomic E-state index is 0.191. The molecule has 0 bridgehead atoms. The van der Waals surface area contributed by atoms with Crippen molar-refractivity contribution in [3.05, 3.63) is 48.0 Å². The van der Waals surface area contributed by atoms with Crippen LogP contribution in [-0.4, -0.2) is 30.4 Å². The zero-order chi connectivity index (χ0) is 17.6. The number of piperidine rings is 1. The van der Waals surface area contributed by atoms with Gasteiger partial charge in [0.05, 0.1) is 0 Å². The van der Waals surface area contributed by atoms with E-state index in [0.717, 1.165) is 45.4 Å². The Morgan fingerprint density at radius 3 is 2.60 bits per heavy atom. The summed E-state index contributed by atoms with van der Waals surface area (Å²) in [6.45, 7) is 8.18. The van der Waals surface area contributed by atoms with Gasteiger partial charge in [0, 0.05) is 19.0 Å². The predicted octanol–water partition coefficient (Wildman–Crippen LogP) is 4.21. The number of hydrogen-bond donors (Lipinski definition) is 1. The third kappa shape index (κ3) is 4.82. The number of amides is 1. The molecule has 3 nitrogen and oxygen atoms in total. The SMILES string of the molecule is CC(C)CCNC(=O)C1CCN(Cc2cccc3ccccc23)CC1. The average Bonchev–Trinajstić information content (AvgIpc) is 2.62. The van der Waals surface area contributed by atoms with Gasteiger partial charge >= 0.3 is 0 Å². The monoisotopic (exact) mass is 338 g/mol. The number of hydrogen-bond acceptors (Lipinski definition) is 2. The van der Waals surface area contributed by atoms with Gasteiger partial charge in [-0.2, -0.15) is 0 Å². The molecule has 0 unspecified atom stereocenters. The third-order valence-corrected chi connectivity index (χ3v) is 5.25. The first-order chi connectivity index (χ1) is 12.1. The van der Waals surface area contributed by atoms with Crippen LogP contribution < -0.4 is 5.32 Å². The van der Waals surface area contributed by atoms with Gasteiger partial charge in [-0.1, -0.05) is 56.3 Å². The molecule has 3 heteroatoms. The lowest BCUT2D eigenvalue weighted by Crippen LogP contribution is -2.40. The fourth-order valence-electron chi connectivity index (χ4n) is 3.65. The molecule has 0 aromatic heterocycles. The van der Waals surface area contributed by atoms with Crippen molar-refractivity contribution < 1.29 is 4.79 Å². The van der Waals surface area contributed by atoms with E-state index in [2.05, 4.69) is 66.5 Å². The number of carbonyl (C=O) groups is 1. The van der Waals surface area contributed by atoms with Crippen LogP contribution in [0.3, 0.4) is 0 Å². The Morgan fingerprint density at radius 1 is 1.12 bits per heavy atom. The van der Waals surface area contributed by atoms with Gasteiger partial charge in [-0.05, 0) is 54.6 Å². The van der Waals surface area contributed by atoms with Crippen LogP contribution in [0.2, 0.25) is 0 Å². The molecule has 1 fully saturated rings. The minimum Gasteiger partial charge on any atom is -0.356 e. The summed E-state index contributed by atoms with van der Waals surface area (Å²) in [4.78, 5) is 14.8. The Bertz CT molecular complexity index is 697. The van der Waals surface area contributed by atoms with Crippen molar-refractivity contribution in [1.29, 1.82) is 0 Å². The summed E-state index contributed by atoms with van der Waals surface area (Å²) in [7, 11) is 0. The second-order valence-corrected chi connectivity index (χ2v) is 7.66. The molecule has 134 valence electrons. The van der Waals surface area contributed by atoms with Gasteiger partial charge in [-0.25, -0.2) is 0 Å². The van der Waals surface area contributed by atoms with Crippen LogP contribution in [0, 0.1) is 11.8 Å². The van der Waals surface area contributed by atoms with E-state index in [1.54, 1.807) is 0 Å². The summed E-state index contributed by atoms with van der Waals surface area (Å²) in [5.41, 5.74) is 1.39. The molecule has 25 heavy (non-hydrogen) atoms. The number of nitrogens with zero attached hydrogens (tertiary/aromatic N) is 1. The van der Waals surface area contributed by atoms with E-state index in [-0.39, 0.29) is 11.8 Å². The van der Waals surface area contributed by atoms with Crippen LogP contribution in [0.1, 0.15) is 38.7 Å². The summed E-state index contributed by atoms with van der Waals surface area (Å²) in [6, 6.07) is 15.1. The van der Waals surface area contributed by atoms with Gasteiger partial charge in [0.1, 0.15) is 0 Å². The normalized spacial score (nSPS) is 16.4. The van der Waals surface area contributed by atoms with Crippen molar-refractivity contribution in [2.75, 3.05) is 19.6 Å². The molecule has 1 heterocycles. The molecule has 1 aliphatic heterocycles. The summed E-state index contributed by atoms with van der Waals surface area (Å²) < 4.78 is 0. The zero-order valence-electron chi connectivity index (χ0n) is 15.5. The number of rotatable bonds is 6. The van der Waals surface area contributed by atoms with Gasteiger partial charge in [0.15, 0.2) is 0 Å². The van der Waals surface area contributed by atoms with Crippen molar-refractivity contribution in [3.8, 4) is 0 Å².